The molecular formula is C14H13N3O2. The molecule has 96 valence electrons. The lowest BCUT2D eigenvalue weighted by Gasteiger charge is -2.18. The molecule has 0 spiro atoms. The predicted octanol–water partition coefficient (Wildman–Crippen LogP) is 0.784. The van der Waals surface area contributed by atoms with Crippen LogP contribution in [-0.2, 0) is 0 Å². The highest BCUT2D eigenvalue weighted by atomic mass is 16.2. The number of fused-ring (bicyclic) bond motifs is 1. The molecule has 1 saturated heterocycles. The molecule has 0 radical (unpaired) electrons. The molecule has 1 N–H and O–H groups in total. The van der Waals surface area contributed by atoms with Crippen molar-refractivity contribution in [2.24, 2.45) is 5.92 Å². The Kier molecular flexibility index (Phi) is 2.80. The maximum Gasteiger partial charge on any atom is 0.261 e. The number of nitrogens with zero attached hydrogens (tertiary/aromatic N) is 2. The van der Waals surface area contributed by atoms with E-state index in [1.165, 1.54) is 4.90 Å². The quantitative estimate of drug-likeness (QED) is 0.793. The minimum absolute atomic E-state index is 0.0202. The smallest absolute Gasteiger partial charge is 0.261 e. The van der Waals surface area contributed by atoms with Gasteiger partial charge >= 0.3 is 0 Å². The van der Waals surface area contributed by atoms with Crippen molar-refractivity contribution >= 4 is 11.8 Å². The molecule has 0 unspecified atom stereocenters. The Labute approximate surface area is 110 Å². The van der Waals surface area contributed by atoms with Gasteiger partial charge in [-0.25, -0.2) is 0 Å². The number of nitrogens with one attached hydrogen (secondary N) is 1. The number of carbonyl (C=O) groups is 2. The van der Waals surface area contributed by atoms with Crippen LogP contribution >= 0.6 is 0 Å². The Morgan fingerprint density at radius 2 is 1.89 bits per heavy atom. The van der Waals surface area contributed by atoms with E-state index in [0.717, 1.165) is 0 Å². The molecule has 5 heteroatoms. The first kappa shape index (κ1) is 11.9. The van der Waals surface area contributed by atoms with Gasteiger partial charge in [-0.05, 0) is 18.6 Å². The number of amides is 2. The van der Waals surface area contributed by atoms with E-state index in [1.807, 2.05) is 0 Å². The Morgan fingerprint density at radius 1 is 1.26 bits per heavy atom. The van der Waals surface area contributed by atoms with E-state index >= 15 is 0 Å². The zero-order valence-electron chi connectivity index (χ0n) is 10.3. The summed E-state index contributed by atoms with van der Waals surface area (Å²) in [4.78, 5) is 25.6. The molecule has 1 aromatic carbocycles. The van der Waals surface area contributed by atoms with Crippen molar-refractivity contribution in [2.45, 2.75) is 12.5 Å². The van der Waals surface area contributed by atoms with Gasteiger partial charge in [0.15, 0.2) is 0 Å². The average Bonchev–Trinajstić information content (AvgIpc) is 2.99. The molecule has 2 atom stereocenters. The lowest BCUT2D eigenvalue weighted by atomic mass is 10.1. The second kappa shape index (κ2) is 4.48. The summed E-state index contributed by atoms with van der Waals surface area (Å²) in [6.07, 6.45) is 0.684. The van der Waals surface area contributed by atoms with Gasteiger partial charge in [0.05, 0.1) is 23.1 Å². The Hall–Kier alpha value is -2.19. The summed E-state index contributed by atoms with van der Waals surface area (Å²) >= 11 is 0. The van der Waals surface area contributed by atoms with Crippen molar-refractivity contribution in [1.82, 2.24) is 10.2 Å². The van der Waals surface area contributed by atoms with E-state index in [2.05, 4.69) is 11.4 Å². The number of hydrogen-bond donors (Lipinski definition) is 1. The van der Waals surface area contributed by atoms with E-state index in [9.17, 15) is 9.59 Å². The first-order chi connectivity index (χ1) is 9.20. The Morgan fingerprint density at radius 3 is 2.42 bits per heavy atom. The molecular weight excluding hydrogens is 242 g/mol. The van der Waals surface area contributed by atoms with Crippen LogP contribution in [0.1, 0.15) is 27.1 Å². The number of imide groups is 1. The minimum atomic E-state index is -0.234. The fourth-order valence-corrected chi connectivity index (χ4v) is 2.68. The summed E-state index contributed by atoms with van der Waals surface area (Å²) in [6.45, 7) is 0.967. The zero-order chi connectivity index (χ0) is 13.4. The normalized spacial score (nSPS) is 25.5. The molecule has 1 aromatic rings. The molecule has 0 saturated carbocycles. The fraction of sp³-hybridized carbons (Fsp3) is 0.357. The lowest BCUT2D eigenvalue weighted by Crippen LogP contribution is -2.40. The van der Waals surface area contributed by atoms with Crippen molar-refractivity contribution < 1.29 is 9.59 Å². The number of nitriles is 1. The van der Waals surface area contributed by atoms with Crippen LogP contribution in [0.5, 0.6) is 0 Å². The van der Waals surface area contributed by atoms with E-state index in [1.54, 1.807) is 24.3 Å². The van der Waals surface area contributed by atoms with Gasteiger partial charge in [0.25, 0.3) is 11.8 Å². The van der Waals surface area contributed by atoms with Crippen molar-refractivity contribution in [2.75, 3.05) is 13.1 Å². The van der Waals surface area contributed by atoms with Gasteiger partial charge in [0.1, 0.15) is 0 Å². The molecule has 5 nitrogen and oxygen atoms in total. The van der Waals surface area contributed by atoms with Crippen LogP contribution in [0.3, 0.4) is 0 Å². The van der Waals surface area contributed by atoms with Crippen molar-refractivity contribution in [3.05, 3.63) is 35.4 Å². The van der Waals surface area contributed by atoms with Gasteiger partial charge in [0, 0.05) is 19.1 Å². The molecule has 0 aliphatic carbocycles. The van der Waals surface area contributed by atoms with Crippen LogP contribution in [0.4, 0.5) is 0 Å². The minimum Gasteiger partial charge on any atom is -0.311 e. The lowest BCUT2D eigenvalue weighted by molar-refractivity contribution is 0.0641. The standard InChI is InChI=1S/C14H13N3O2/c15-6-9-5-10(16-7-9)8-17-13(18)11-3-1-2-4-12(11)14(17)19/h1-4,9-10,16H,5,7-8H2/t9-,10+/m1/s1. The highest BCUT2D eigenvalue weighted by molar-refractivity contribution is 6.21. The molecule has 3 rings (SSSR count). The van der Waals surface area contributed by atoms with Gasteiger partial charge in [-0.15, -0.1) is 0 Å². The molecule has 2 aliphatic rings. The SMILES string of the molecule is N#C[C@@H]1CN[C@H](CN2C(=O)c3ccccc3C2=O)C1. The first-order valence-electron chi connectivity index (χ1n) is 6.29. The van der Waals surface area contributed by atoms with E-state index < -0.39 is 0 Å². The first-order valence-corrected chi connectivity index (χ1v) is 6.29. The van der Waals surface area contributed by atoms with E-state index in [-0.39, 0.29) is 23.8 Å². The summed E-state index contributed by atoms with van der Waals surface area (Å²) in [5.74, 6) is -0.495. The summed E-state index contributed by atoms with van der Waals surface area (Å²) in [5, 5.41) is 12.0. The summed E-state index contributed by atoms with van der Waals surface area (Å²) in [6, 6.07) is 9.09. The number of hydrogen-bond acceptors (Lipinski definition) is 4. The summed E-state index contributed by atoms with van der Waals surface area (Å²) in [5.41, 5.74) is 0.949. The maximum absolute atomic E-state index is 12.2. The molecule has 19 heavy (non-hydrogen) atoms. The third kappa shape index (κ3) is 1.90. The third-order valence-electron chi connectivity index (χ3n) is 3.69. The molecule has 2 amide bonds. The van der Waals surface area contributed by atoms with Gasteiger partial charge in [-0.3, -0.25) is 14.5 Å². The topological polar surface area (TPSA) is 73.2 Å². The Bertz CT molecular complexity index is 556. The molecule has 1 fully saturated rings. The molecule has 0 aromatic heterocycles. The van der Waals surface area contributed by atoms with Crippen LogP contribution in [0, 0.1) is 17.2 Å². The van der Waals surface area contributed by atoms with Crippen molar-refractivity contribution in [3.8, 4) is 6.07 Å². The number of benzene rings is 1. The van der Waals surface area contributed by atoms with Gasteiger partial charge in [-0.2, -0.15) is 5.26 Å². The highest BCUT2D eigenvalue weighted by Crippen LogP contribution is 2.24. The van der Waals surface area contributed by atoms with Crippen LogP contribution < -0.4 is 5.32 Å². The van der Waals surface area contributed by atoms with Gasteiger partial charge in [-0.1, -0.05) is 12.1 Å². The van der Waals surface area contributed by atoms with Gasteiger partial charge in [0.2, 0.25) is 0 Å². The van der Waals surface area contributed by atoms with Crippen LogP contribution in [0.2, 0.25) is 0 Å². The predicted molar refractivity (Wildman–Crippen MR) is 67.3 cm³/mol. The molecule has 2 aliphatic heterocycles. The summed E-state index contributed by atoms with van der Waals surface area (Å²) < 4.78 is 0. The van der Waals surface area contributed by atoms with E-state index in [4.69, 9.17) is 5.26 Å². The second-order valence-corrected chi connectivity index (χ2v) is 4.93. The van der Waals surface area contributed by atoms with Crippen LogP contribution in [0.25, 0.3) is 0 Å². The third-order valence-corrected chi connectivity index (χ3v) is 3.69. The largest absolute Gasteiger partial charge is 0.311 e. The maximum atomic E-state index is 12.2. The van der Waals surface area contributed by atoms with Crippen molar-refractivity contribution in [1.29, 1.82) is 5.26 Å². The van der Waals surface area contributed by atoms with Crippen LogP contribution in [-0.4, -0.2) is 35.8 Å². The number of carbonyl (C=O) groups excluding carboxylic acids is 2. The molecule has 0 bridgehead atoms. The summed E-state index contributed by atoms with van der Waals surface area (Å²) in [7, 11) is 0. The highest BCUT2D eigenvalue weighted by Gasteiger charge is 2.37. The second-order valence-electron chi connectivity index (χ2n) is 4.93. The zero-order valence-corrected chi connectivity index (χ0v) is 10.3. The molecule has 2 heterocycles. The van der Waals surface area contributed by atoms with E-state index in [0.29, 0.717) is 30.6 Å². The van der Waals surface area contributed by atoms with Crippen LogP contribution in [0.15, 0.2) is 24.3 Å². The monoisotopic (exact) mass is 255 g/mol. The number of rotatable bonds is 2. The van der Waals surface area contributed by atoms with Gasteiger partial charge < -0.3 is 5.32 Å². The average molecular weight is 255 g/mol. The Balaban J connectivity index is 1.76. The van der Waals surface area contributed by atoms with Crippen molar-refractivity contribution in [3.63, 3.8) is 0 Å². The fourth-order valence-electron chi connectivity index (χ4n) is 2.68.